The van der Waals surface area contributed by atoms with E-state index in [1.165, 1.54) is 5.56 Å². The number of rotatable bonds is 6. The van der Waals surface area contributed by atoms with Gasteiger partial charge in [-0.2, -0.15) is 0 Å². The van der Waals surface area contributed by atoms with Crippen molar-refractivity contribution in [1.82, 2.24) is 0 Å². The fourth-order valence-electron chi connectivity index (χ4n) is 2.19. The van der Waals surface area contributed by atoms with Crippen molar-refractivity contribution >= 4 is 0 Å². The van der Waals surface area contributed by atoms with Crippen molar-refractivity contribution in [3.8, 4) is 11.5 Å². The van der Waals surface area contributed by atoms with Gasteiger partial charge >= 0.3 is 0 Å². The molecule has 0 aliphatic rings. The van der Waals surface area contributed by atoms with Gasteiger partial charge in [0.15, 0.2) is 0 Å². The molecule has 0 heterocycles. The van der Waals surface area contributed by atoms with Crippen LogP contribution in [0.2, 0.25) is 0 Å². The van der Waals surface area contributed by atoms with Crippen LogP contribution >= 0.6 is 0 Å². The highest BCUT2D eigenvalue weighted by Gasteiger charge is 2.07. The number of allylic oxidation sites excluding steroid dienone is 1. The highest BCUT2D eigenvalue weighted by Crippen LogP contribution is 2.29. The van der Waals surface area contributed by atoms with Crippen LogP contribution in [0.25, 0.3) is 0 Å². The Bertz CT molecular complexity index is 577. The monoisotopic (exact) mass is 282 g/mol. The van der Waals surface area contributed by atoms with Gasteiger partial charge in [-0.25, -0.2) is 0 Å². The van der Waals surface area contributed by atoms with Crippen molar-refractivity contribution < 1.29 is 9.47 Å². The molecule has 0 saturated heterocycles. The van der Waals surface area contributed by atoms with Crippen LogP contribution < -0.4 is 9.47 Å². The van der Waals surface area contributed by atoms with Gasteiger partial charge in [0, 0.05) is 0 Å². The van der Waals surface area contributed by atoms with E-state index in [9.17, 15) is 0 Å². The van der Waals surface area contributed by atoms with Crippen molar-refractivity contribution in [3.63, 3.8) is 0 Å². The Hall–Kier alpha value is -2.22. The first kappa shape index (κ1) is 15.2. The summed E-state index contributed by atoms with van der Waals surface area (Å²) in [5.74, 6) is 1.83. The summed E-state index contributed by atoms with van der Waals surface area (Å²) in [7, 11) is 0. The lowest BCUT2D eigenvalue weighted by Gasteiger charge is -2.14. The van der Waals surface area contributed by atoms with Crippen molar-refractivity contribution in [2.75, 3.05) is 6.61 Å². The van der Waals surface area contributed by atoms with Crippen molar-refractivity contribution in [2.24, 2.45) is 0 Å². The van der Waals surface area contributed by atoms with E-state index in [1.807, 2.05) is 49.4 Å². The molecule has 0 N–H and O–H groups in total. The summed E-state index contributed by atoms with van der Waals surface area (Å²) >= 11 is 0. The molecule has 0 radical (unpaired) electrons. The minimum atomic E-state index is 0.585. The van der Waals surface area contributed by atoms with Crippen molar-refractivity contribution in [2.45, 2.75) is 27.4 Å². The van der Waals surface area contributed by atoms with Gasteiger partial charge in [0.05, 0.1) is 0 Å². The maximum atomic E-state index is 5.96. The van der Waals surface area contributed by atoms with Crippen LogP contribution in [-0.2, 0) is 6.61 Å². The number of benzene rings is 2. The maximum absolute atomic E-state index is 5.96. The van der Waals surface area contributed by atoms with Gasteiger partial charge < -0.3 is 9.47 Å². The second kappa shape index (κ2) is 7.53. The molecule has 0 amide bonds. The summed E-state index contributed by atoms with van der Waals surface area (Å²) in [6, 6.07) is 14.2. The van der Waals surface area contributed by atoms with Crippen LogP contribution in [0.1, 0.15) is 23.6 Å². The van der Waals surface area contributed by atoms with E-state index in [0.717, 1.165) is 22.6 Å². The van der Waals surface area contributed by atoms with E-state index in [-0.39, 0.29) is 0 Å². The molecule has 0 unspecified atom stereocenters. The Morgan fingerprint density at radius 1 is 0.952 bits per heavy atom. The molecule has 0 atom stereocenters. The first-order valence-corrected chi connectivity index (χ1v) is 7.22. The van der Waals surface area contributed by atoms with Crippen molar-refractivity contribution in [1.29, 1.82) is 0 Å². The Kier molecular flexibility index (Phi) is 5.44. The zero-order chi connectivity index (χ0) is 15.1. The average molecular weight is 282 g/mol. The summed E-state index contributed by atoms with van der Waals surface area (Å²) in [4.78, 5) is 0. The van der Waals surface area contributed by atoms with Crippen LogP contribution in [0.4, 0.5) is 0 Å². The quantitative estimate of drug-likeness (QED) is 0.706. The number of ether oxygens (including phenoxy) is 2. The Morgan fingerprint density at radius 3 is 2.24 bits per heavy atom. The third-order valence-corrected chi connectivity index (χ3v) is 3.24. The SMILES string of the molecule is C/C=C/COc1cc(C)c(OCc2ccccc2)c(C)c1. The zero-order valence-electron chi connectivity index (χ0n) is 12.9. The van der Waals surface area contributed by atoms with E-state index in [0.29, 0.717) is 13.2 Å². The largest absolute Gasteiger partial charge is 0.490 e. The lowest BCUT2D eigenvalue weighted by molar-refractivity contribution is 0.300. The molecule has 110 valence electrons. The molecule has 0 saturated carbocycles. The molecule has 0 bridgehead atoms. The Labute approximate surface area is 127 Å². The van der Waals surface area contributed by atoms with Gasteiger partial charge in [-0.05, 0) is 49.6 Å². The summed E-state index contributed by atoms with van der Waals surface area (Å²) in [5, 5.41) is 0. The molecule has 2 nitrogen and oxygen atoms in total. The molecule has 2 aromatic carbocycles. The highest BCUT2D eigenvalue weighted by molar-refractivity contribution is 5.46. The third kappa shape index (κ3) is 4.38. The summed E-state index contributed by atoms with van der Waals surface area (Å²) in [5.41, 5.74) is 3.37. The normalized spacial score (nSPS) is 10.8. The summed E-state index contributed by atoms with van der Waals surface area (Å²) in [6.45, 7) is 7.27. The fourth-order valence-corrected chi connectivity index (χ4v) is 2.19. The molecule has 2 heteroatoms. The zero-order valence-corrected chi connectivity index (χ0v) is 12.9. The van der Waals surface area contributed by atoms with Gasteiger partial charge in [-0.1, -0.05) is 42.5 Å². The highest BCUT2D eigenvalue weighted by atomic mass is 16.5. The third-order valence-electron chi connectivity index (χ3n) is 3.24. The Morgan fingerprint density at radius 2 is 1.62 bits per heavy atom. The molecule has 2 aromatic rings. The number of hydrogen-bond acceptors (Lipinski definition) is 2. The van der Waals surface area contributed by atoms with E-state index < -0.39 is 0 Å². The molecular weight excluding hydrogens is 260 g/mol. The molecule has 2 rings (SSSR count). The van der Waals surface area contributed by atoms with E-state index >= 15 is 0 Å². The fraction of sp³-hybridized carbons (Fsp3) is 0.263. The Balaban J connectivity index is 2.06. The van der Waals surface area contributed by atoms with Crippen LogP contribution in [0, 0.1) is 13.8 Å². The minimum absolute atomic E-state index is 0.585. The van der Waals surface area contributed by atoms with E-state index in [2.05, 4.69) is 26.0 Å². The van der Waals surface area contributed by atoms with Crippen LogP contribution in [0.3, 0.4) is 0 Å². The summed E-state index contributed by atoms with van der Waals surface area (Å²) in [6.07, 6.45) is 3.97. The van der Waals surface area contributed by atoms with Crippen LogP contribution in [-0.4, -0.2) is 6.61 Å². The molecule has 0 aliphatic heterocycles. The van der Waals surface area contributed by atoms with Crippen molar-refractivity contribution in [3.05, 3.63) is 71.3 Å². The standard InChI is InChI=1S/C19H22O2/c1-4-5-11-20-18-12-15(2)19(16(3)13-18)21-14-17-9-7-6-8-10-17/h4-10,12-13H,11,14H2,1-3H3/b5-4+. The molecule has 0 aromatic heterocycles. The van der Waals surface area contributed by atoms with E-state index in [4.69, 9.17) is 9.47 Å². The second-order valence-corrected chi connectivity index (χ2v) is 5.04. The number of aryl methyl sites for hydroxylation is 2. The lowest BCUT2D eigenvalue weighted by atomic mass is 10.1. The summed E-state index contributed by atoms with van der Waals surface area (Å²) < 4.78 is 11.6. The first-order chi connectivity index (χ1) is 10.2. The predicted octanol–water partition coefficient (Wildman–Crippen LogP) is 4.84. The number of hydrogen-bond donors (Lipinski definition) is 0. The van der Waals surface area contributed by atoms with E-state index in [1.54, 1.807) is 0 Å². The average Bonchev–Trinajstić information content (AvgIpc) is 2.48. The molecule has 0 fully saturated rings. The lowest BCUT2D eigenvalue weighted by Crippen LogP contribution is -2.00. The first-order valence-electron chi connectivity index (χ1n) is 7.22. The van der Waals surface area contributed by atoms with Gasteiger partial charge in [-0.15, -0.1) is 0 Å². The molecular formula is C19H22O2. The molecule has 21 heavy (non-hydrogen) atoms. The molecule has 0 spiro atoms. The maximum Gasteiger partial charge on any atom is 0.125 e. The minimum Gasteiger partial charge on any atom is -0.490 e. The van der Waals surface area contributed by atoms with Gasteiger partial charge in [0.2, 0.25) is 0 Å². The van der Waals surface area contributed by atoms with Crippen LogP contribution in [0.15, 0.2) is 54.6 Å². The predicted molar refractivity (Wildman–Crippen MR) is 87.0 cm³/mol. The van der Waals surface area contributed by atoms with Gasteiger partial charge in [0.25, 0.3) is 0 Å². The second-order valence-electron chi connectivity index (χ2n) is 5.04. The van der Waals surface area contributed by atoms with Crippen LogP contribution in [0.5, 0.6) is 11.5 Å². The topological polar surface area (TPSA) is 18.5 Å². The molecule has 0 aliphatic carbocycles. The van der Waals surface area contributed by atoms with Gasteiger partial charge in [-0.3, -0.25) is 0 Å². The van der Waals surface area contributed by atoms with Gasteiger partial charge in [0.1, 0.15) is 24.7 Å². The smallest absolute Gasteiger partial charge is 0.125 e.